The van der Waals surface area contributed by atoms with Crippen molar-refractivity contribution in [1.82, 2.24) is 4.90 Å². The Kier molecular flexibility index (Phi) is 4.39. The van der Waals surface area contributed by atoms with Gasteiger partial charge in [0.15, 0.2) is 0 Å². The van der Waals surface area contributed by atoms with Crippen molar-refractivity contribution in [2.75, 3.05) is 13.1 Å². The van der Waals surface area contributed by atoms with Gasteiger partial charge in [0.2, 0.25) is 0 Å². The van der Waals surface area contributed by atoms with Crippen molar-refractivity contribution < 1.29 is 0 Å². The molecule has 1 heteroatoms. The van der Waals surface area contributed by atoms with Gasteiger partial charge in [0.05, 0.1) is 5.57 Å². The van der Waals surface area contributed by atoms with Gasteiger partial charge < -0.3 is 0 Å². The van der Waals surface area contributed by atoms with Crippen LogP contribution in [0.4, 0.5) is 0 Å². The Balaban J connectivity index is 1.50. The molecule has 0 N–H and O–H groups in total. The summed E-state index contributed by atoms with van der Waals surface area (Å²) in [5, 5.41) is 0. The summed E-state index contributed by atoms with van der Waals surface area (Å²) in [5.41, 5.74) is 2.80. The number of nitrogens with zero attached hydrogens (tertiary/aromatic N) is 1. The monoisotopic (exact) mass is 264 g/mol. The second-order valence-electron chi connectivity index (χ2n) is 5.68. The Bertz CT molecular complexity index is 502. The molecule has 1 aliphatic carbocycles. The number of rotatable bonds is 3. The van der Waals surface area contributed by atoms with E-state index >= 15 is 0 Å². The molecule has 102 valence electrons. The molecule has 1 fully saturated rings. The van der Waals surface area contributed by atoms with Gasteiger partial charge in [-0.1, -0.05) is 30.3 Å². The summed E-state index contributed by atoms with van der Waals surface area (Å²) in [6.45, 7) is 3.52. The van der Waals surface area contributed by atoms with Gasteiger partial charge in [-0.3, -0.25) is 4.90 Å². The summed E-state index contributed by atoms with van der Waals surface area (Å²) in [7, 11) is 0. The van der Waals surface area contributed by atoms with Gasteiger partial charge in [-0.25, -0.2) is 0 Å². The molecule has 2 aliphatic rings. The fourth-order valence-corrected chi connectivity index (χ4v) is 2.96. The predicted molar refractivity (Wildman–Crippen MR) is 85.1 cm³/mol. The van der Waals surface area contributed by atoms with E-state index < -0.39 is 0 Å². The summed E-state index contributed by atoms with van der Waals surface area (Å²) in [5.74, 6) is 0.740. The lowest BCUT2D eigenvalue weighted by Gasteiger charge is -2.30. The standard InChI is InChI=1S/C19H22N/c1-3-7-17(8-4-1)15-18-11-13-20(14-12-18)16-19-9-5-2-6-10-19/h1-10,15,18H,11-14,16H2/q+1. The number of allylic oxidation sites excluding steroid dienone is 6. The van der Waals surface area contributed by atoms with Crippen molar-refractivity contribution in [2.24, 2.45) is 5.92 Å². The molecule has 0 aromatic heterocycles. The highest BCUT2D eigenvalue weighted by Gasteiger charge is 2.20. The predicted octanol–water partition coefficient (Wildman–Crippen LogP) is 4.16. The van der Waals surface area contributed by atoms with E-state index in [1.54, 1.807) is 0 Å². The second-order valence-corrected chi connectivity index (χ2v) is 5.68. The Hall–Kier alpha value is -1.73. The molecule has 1 aromatic carbocycles. The van der Waals surface area contributed by atoms with Crippen LogP contribution in [0.1, 0.15) is 18.4 Å². The van der Waals surface area contributed by atoms with Gasteiger partial charge in [0.25, 0.3) is 0 Å². The number of likely N-dealkylation sites (tertiary alicyclic amines) is 1. The minimum atomic E-state index is 0.740. The van der Waals surface area contributed by atoms with E-state index in [1.165, 1.54) is 37.1 Å². The number of hydrogen-bond acceptors (Lipinski definition) is 1. The molecular formula is C19H22N+. The summed E-state index contributed by atoms with van der Waals surface area (Å²) in [6.07, 6.45) is 15.7. The van der Waals surface area contributed by atoms with Gasteiger partial charge in [-0.15, -0.1) is 0 Å². The number of piperidine rings is 1. The van der Waals surface area contributed by atoms with Crippen molar-refractivity contribution in [3.63, 3.8) is 0 Å². The SMILES string of the molecule is C1=C[CH+]C(=CC2CCN(Cc3ccccc3)CC2)C=C1. The Morgan fingerprint density at radius 1 is 1.10 bits per heavy atom. The van der Waals surface area contributed by atoms with Crippen molar-refractivity contribution >= 4 is 0 Å². The molecule has 1 saturated heterocycles. The molecule has 0 unspecified atom stereocenters. The second kappa shape index (κ2) is 6.62. The van der Waals surface area contributed by atoms with Crippen LogP contribution in [0.5, 0.6) is 0 Å². The molecule has 1 aliphatic heterocycles. The highest BCUT2D eigenvalue weighted by molar-refractivity contribution is 5.38. The highest BCUT2D eigenvalue weighted by Crippen LogP contribution is 2.23. The third-order valence-corrected chi connectivity index (χ3v) is 4.11. The average molecular weight is 264 g/mol. The molecule has 20 heavy (non-hydrogen) atoms. The molecule has 1 aromatic rings. The Labute approximate surface area is 122 Å². The third-order valence-electron chi connectivity index (χ3n) is 4.11. The lowest BCUT2D eigenvalue weighted by Crippen LogP contribution is -2.32. The van der Waals surface area contributed by atoms with Crippen molar-refractivity contribution in [2.45, 2.75) is 19.4 Å². The van der Waals surface area contributed by atoms with Gasteiger partial charge in [-0.2, -0.15) is 0 Å². The largest absolute Gasteiger partial charge is 0.299 e. The van der Waals surface area contributed by atoms with E-state index in [-0.39, 0.29) is 0 Å². The van der Waals surface area contributed by atoms with Crippen LogP contribution in [0.2, 0.25) is 0 Å². The maximum absolute atomic E-state index is 2.57. The van der Waals surface area contributed by atoms with Gasteiger partial charge in [-0.05, 0) is 31.5 Å². The fourth-order valence-electron chi connectivity index (χ4n) is 2.96. The molecule has 0 radical (unpaired) electrons. The first-order valence-corrected chi connectivity index (χ1v) is 7.56. The molecule has 0 saturated carbocycles. The number of benzene rings is 1. The van der Waals surface area contributed by atoms with E-state index in [9.17, 15) is 0 Å². The van der Waals surface area contributed by atoms with Crippen molar-refractivity contribution in [3.05, 3.63) is 78.3 Å². The third kappa shape index (κ3) is 3.64. The van der Waals surface area contributed by atoms with Crippen LogP contribution in [-0.4, -0.2) is 18.0 Å². The minimum Gasteiger partial charge on any atom is -0.299 e. The Morgan fingerprint density at radius 2 is 1.90 bits per heavy atom. The molecule has 0 atom stereocenters. The van der Waals surface area contributed by atoms with Gasteiger partial charge in [0, 0.05) is 49.3 Å². The van der Waals surface area contributed by atoms with Crippen LogP contribution >= 0.6 is 0 Å². The molecular weight excluding hydrogens is 242 g/mol. The van der Waals surface area contributed by atoms with Gasteiger partial charge in [0.1, 0.15) is 0 Å². The summed E-state index contributed by atoms with van der Waals surface area (Å²) in [4.78, 5) is 2.57. The first kappa shape index (κ1) is 13.3. The van der Waals surface area contributed by atoms with Crippen LogP contribution in [-0.2, 0) is 6.54 Å². The maximum Gasteiger partial charge on any atom is 0.0920 e. The van der Waals surface area contributed by atoms with Crippen molar-refractivity contribution in [1.29, 1.82) is 0 Å². The highest BCUT2D eigenvalue weighted by atomic mass is 15.1. The molecule has 1 nitrogen and oxygen atoms in total. The fraction of sp³-hybridized carbons (Fsp3) is 0.316. The van der Waals surface area contributed by atoms with Gasteiger partial charge >= 0.3 is 0 Å². The molecule has 0 amide bonds. The summed E-state index contributed by atoms with van der Waals surface area (Å²) >= 11 is 0. The van der Waals surface area contributed by atoms with Crippen LogP contribution in [0.3, 0.4) is 0 Å². The van der Waals surface area contributed by atoms with E-state index in [2.05, 4.69) is 72.0 Å². The minimum absolute atomic E-state index is 0.740. The van der Waals surface area contributed by atoms with E-state index in [0.29, 0.717) is 0 Å². The maximum atomic E-state index is 2.57. The lowest BCUT2D eigenvalue weighted by molar-refractivity contribution is 0.195. The van der Waals surface area contributed by atoms with E-state index in [4.69, 9.17) is 0 Å². The average Bonchev–Trinajstić information content (AvgIpc) is 2.51. The van der Waals surface area contributed by atoms with E-state index in [1.807, 2.05) is 0 Å². The number of hydrogen-bond donors (Lipinski definition) is 0. The zero-order valence-corrected chi connectivity index (χ0v) is 11.9. The first-order chi connectivity index (χ1) is 9.90. The molecule has 0 spiro atoms. The van der Waals surface area contributed by atoms with Crippen LogP contribution in [0, 0.1) is 12.3 Å². The summed E-state index contributed by atoms with van der Waals surface area (Å²) in [6, 6.07) is 10.8. The van der Waals surface area contributed by atoms with Crippen LogP contribution in [0.25, 0.3) is 0 Å². The van der Waals surface area contributed by atoms with Crippen LogP contribution < -0.4 is 0 Å². The molecule has 1 heterocycles. The zero-order chi connectivity index (χ0) is 13.6. The normalized spacial score (nSPS) is 22.1. The van der Waals surface area contributed by atoms with E-state index in [0.717, 1.165) is 12.5 Å². The van der Waals surface area contributed by atoms with Crippen molar-refractivity contribution in [3.8, 4) is 0 Å². The topological polar surface area (TPSA) is 3.24 Å². The summed E-state index contributed by atoms with van der Waals surface area (Å²) < 4.78 is 0. The smallest absolute Gasteiger partial charge is 0.0920 e. The Morgan fingerprint density at radius 3 is 2.60 bits per heavy atom. The zero-order valence-electron chi connectivity index (χ0n) is 11.9. The molecule has 3 rings (SSSR count). The quantitative estimate of drug-likeness (QED) is 0.741. The first-order valence-electron chi connectivity index (χ1n) is 7.56. The van der Waals surface area contributed by atoms with Crippen LogP contribution in [0.15, 0.2) is 66.3 Å². The lowest BCUT2D eigenvalue weighted by atomic mass is 9.92. The molecule has 0 bridgehead atoms.